The van der Waals surface area contributed by atoms with E-state index in [1.807, 2.05) is 31.7 Å². The molecule has 2 aromatic rings. The minimum atomic E-state index is 0.0163. The second-order valence-corrected chi connectivity index (χ2v) is 6.41. The number of aromatic nitrogens is 3. The summed E-state index contributed by atoms with van der Waals surface area (Å²) < 4.78 is 7.48. The van der Waals surface area contributed by atoms with Crippen molar-refractivity contribution in [2.24, 2.45) is 0 Å². The van der Waals surface area contributed by atoms with Crippen molar-refractivity contribution in [3.63, 3.8) is 0 Å². The molecule has 0 spiro atoms. The van der Waals surface area contributed by atoms with Crippen LogP contribution in [0.3, 0.4) is 0 Å². The minimum absolute atomic E-state index is 0.0163. The summed E-state index contributed by atoms with van der Waals surface area (Å²) >= 11 is 0. The summed E-state index contributed by atoms with van der Waals surface area (Å²) in [5.74, 6) is 1.28. The summed E-state index contributed by atoms with van der Waals surface area (Å²) in [6, 6.07) is 9.27. The fourth-order valence-corrected chi connectivity index (χ4v) is 3.13. The van der Waals surface area contributed by atoms with Crippen LogP contribution in [0.5, 0.6) is 0 Å². The summed E-state index contributed by atoms with van der Waals surface area (Å²) in [5, 5.41) is 17.4. The molecule has 2 heterocycles. The van der Waals surface area contributed by atoms with E-state index in [-0.39, 0.29) is 24.7 Å². The van der Waals surface area contributed by atoms with E-state index in [2.05, 4.69) is 16.3 Å². The lowest BCUT2D eigenvalue weighted by Crippen LogP contribution is -2.49. The smallest absolute Gasteiger partial charge is 0.242 e. The Morgan fingerprint density at radius 1 is 1.32 bits per heavy atom. The van der Waals surface area contributed by atoms with Crippen molar-refractivity contribution < 1.29 is 9.53 Å². The summed E-state index contributed by atoms with van der Waals surface area (Å²) in [7, 11) is 0. The number of amides is 1. The maximum atomic E-state index is 12.8. The molecule has 130 valence electrons. The normalized spacial score (nSPS) is 20.3. The minimum Gasteiger partial charge on any atom is -0.372 e. The Morgan fingerprint density at radius 2 is 2.04 bits per heavy atom. The Kier molecular flexibility index (Phi) is 4.81. The highest BCUT2D eigenvalue weighted by Crippen LogP contribution is 2.20. The second kappa shape index (κ2) is 7.03. The fourth-order valence-electron chi connectivity index (χ4n) is 3.13. The molecule has 0 saturated carbocycles. The topological polar surface area (TPSA) is 84.0 Å². The molecule has 1 aromatic heterocycles. The largest absolute Gasteiger partial charge is 0.372 e. The molecule has 0 bridgehead atoms. The molecule has 1 aliphatic heterocycles. The Hall–Kier alpha value is -2.72. The van der Waals surface area contributed by atoms with Crippen LogP contribution in [0.15, 0.2) is 24.3 Å². The molecule has 7 nitrogen and oxygen atoms in total. The van der Waals surface area contributed by atoms with Crippen molar-refractivity contribution in [2.75, 3.05) is 13.1 Å². The monoisotopic (exact) mass is 339 g/mol. The van der Waals surface area contributed by atoms with Gasteiger partial charge in [0.1, 0.15) is 12.4 Å². The van der Waals surface area contributed by atoms with E-state index >= 15 is 0 Å². The Balaban J connectivity index is 1.85. The van der Waals surface area contributed by atoms with E-state index in [1.54, 1.807) is 22.8 Å². The number of nitrogens with zero attached hydrogens (tertiary/aromatic N) is 5. The molecule has 0 aliphatic carbocycles. The number of carbonyl (C=O) groups is 1. The number of aryl methyl sites for hydroxylation is 1. The molecule has 25 heavy (non-hydrogen) atoms. The van der Waals surface area contributed by atoms with Gasteiger partial charge in [0.15, 0.2) is 5.82 Å². The van der Waals surface area contributed by atoms with Crippen LogP contribution in [0.2, 0.25) is 0 Å². The predicted octanol–water partition coefficient (Wildman–Crippen LogP) is 1.76. The van der Waals surface area contributed by atoms with Crippen molar-refractivity contribution >= 4 is 5.91 Å². The molecule has 1 aliphatic rings. The lowest BCUT2D eigenvalue weighted by Gasteiger charge is -2.35. The van der Waals surface area contributed by atoms with Crippen molar-refractivity contribution in [3.8, 4) is 17.5 Å². The van der Waals surface area contributed by atoms with E-state index in [0.717, 1.165) is 5.56 Å². The van der Waals surface area contributed by atoms with Crippen LogP contribution in [0.1, 0.15) is 25.2 Å². The number of rotatable bonds is 3. The highest BCUT2D eigenvalue weighted by atomic mass is 16.5. The van der Waals surface area contributed by atoms with Crippen molar-refractivity contribution in [3.05, 3.63) is 35.7 Å². The van der Waals surface area contributed by atoms with Crippen LogP contribution < -0.4 is 0 Å². The Labute approximate surface area is 146 Å². The molecular weight excluding hydrogens is 318 g/mol. The van der Waals surface area contributed by atoms with Gasteiger partial charge in [-0.15, -0.1) is 10.2 Å². The Bertz CT molecular complexity index is 813. The summed E-state index contributed by atoms with van der Waals surface area (Å²) in [6.07, 6.45) is 0.0583. The number of benzene rings is 1. The summed E-state index contributed by atoms with van der Waals surface area (Å²) in [4.78, 5) is 14.6. The van der Waals surface area contributed by atoms with Gasteiger partial charge in [-0.1, -0.05) is 12.1 Å². The van der Waals surface area contributed by atoms with E-state index in [0.29, 0.717) is 30.3 Å². The maximum Gasteiger partial charge on any atom is 0.242 e. The van der Waals surface area contributed by atoms with Crippen molar-refractivity contribution in [1.29, 1.82) is 5.26 Å². The first-order chi connectivity index (χ1) is 12.0. The average Bonchev–Trinajstić information content (AvgIpc) is 2.95. The molecule has 7 heteroatoms. The first kappa shape index (κ1) is 17.1. The molecule has 2 atom stereocenters. The lowest BCUT2D eigenvalue weighted by atomic mass is 10.1. The van der Waals surface area contributed by atoms with E-state index in [1.165, 1.54) is 0 Å². The van der Waals surface area contributed by atoms with Gasteiger partial charge in [-0.3, -0.25) is 4.79 Å². The standard InChI is InChI=1S/C18H21N5O2/c1-12-9-22(10-13(2)25-12)17(24)11-23-14(3)20-21-18(23)16-6-4-5-15(7-16)8-19/h4-7,12-13H,9-11H2,1-3H3/t12-,13+. The van der Waals surface area contributed by atoms with Gasteiger partial charge in [0.05, 0.1) is 23.8 Å². The van der Waals surface area contributed by atoms with Gasteiger partial charge >= 0.3 is 0 Å². The van der Waals surface area contributed by atoms with Crippen molar-refractivity contribution in [1.82, 2.24) is 19.7 Å². The molecule has 0 radical (unpaired) electrons. The SMILES string of the molecule is Cc1nnc(-c2cccc(C#N)c2)n1CC(=O)N1C[C@@H](C)O[C@@H](C)C1. The van der Waals surface area contributed by atoms with E-state index < -0.39 is 0 Å². The van der Waals surface area contributed by atoms with E-state index in [4.69, 9.17) is 10.00 Å². The van der Waals surface area contributed by atoms with Crippen LogP contribution >= 0.6 is 0 Å². The second-order valence-electron chi connectivity index (χ2n) is 6.41. The van der Waals surface area contributed by atoms with Crippen LogP contribution in [0, 0.1) is 18.3 Å². The third-order valence-corrected chi connectivity index (χ3v) is 4.25. The quantitative estimate of drug-likeness (QED) is 0.851. The highest BCUT2D eigenvalue weighted by molar-refractivity contribution is 5.77. The zero-order valence-corrected chi connectivity index (χ0v) is 14.6. The first-order valence-electron chi connectivity index (χ1n) is 8.31. The van der Waals surface area contributed by atoms with Crippen LogP contribution in [-0.4, -0.2) is 50.9 Å². The molecule has 1 saturated heterocycles. The molecule has 1 fully saturated rings. The zero-order chi connectivity index (χ0) is 18.0. The van der Waals surface area contributed by atoms with Gasteiger partial charge in [-0.05, 0) is 32.9 Å². The van der Waals surface area contributed by atoms with Crippen molar-refractivity contribution in [2.45, 2.75) is 39.5 Å². The number of ether oxygens (including phenoxy) is 1. The highest BCUT2D eigenvalue weighted by Gasteiger charge is 2.27. The molecule has 0 N–H and O–H groups in total. The first-order valence-corrected chi connectivity index (χ1v) is 8.31. The predicted molar refractivity (Wildman–Crippen MR) is 91.5 cm³/mol. The van der Waals surface area contributed by atoms with Gasteiger partial charge in [-0.2, -0.15) is 5.26 Å². The van der Waals surface area contributed by atoms with Gasteiger partial charge in [0, 0.05) is 18.7 Å². The van der Waals surface area contributed by atoms with Crippen LogP contribution in [0.25, 0.3) is 11.4 Å². The number of carbonyl (C=O) groups excluding carboxylic acids is 1. The fraction of sp³-hybridized carbons (Fsp3) is 0.444. The third-order valence-electron chi connectivity index (χ3n) is 4.25. The van der Waals surface area contributed by atoms with Gasteiger partial charge in [-0.25, -0.2) is 0 Å². The van der Waals surface area contributed by atoms with Gasteiger partial charge in [0.25, 0.3) is 0 Å². The number of nitriles is 1. The van der Waals surface area contributed by atoms with Crippen LogP contribution in [0.4, 0.5) is 0 Å². The maximum absolute atomic E-state index is 12.8. The zero-order valence-electron chi connectivity index (χ0n) is 14.6. The van der Waals surface area contributed by atoms with Crippen LogP contribution in [-0.2, 0) is 16.1 Å². The lowest BCUT2D eigenvalue weighted by molar-refractivity contribution is -0.143. The van der Waals surface area contributed by atoms with Gasteiger partial charge in [0.2, 0.25) is 5.91 Å². The third kappa shape index (κ3) is 3.69. The number of hydrogen-bond donors (Lipinski definition) is 0. The number of hydrogen-bond acceptors (Lipinski definition) is 5. The number of morpholine rings is 1. The summed E-state index contributed by atoms with van der Waals surface area (Å²) in [6.45, 7) is 7.11. The average molecular weight is 339 g/mol. The molecule has 1 amide bonds. The molecule has 0 unspecified atom stereocenters. The molecule has 3 rings (SSSR count). The summed E-state index contributed by atoms with van der Waals surface area (Å²) in [5.41, 5.74) is 1.32. The van der Waals surface area contributed by atoms with Gasteiger partial charge < -0.3 is 14.2 Å². The molecule has 1 aromatic carbocycles. The van der Waals surface area contributed by atoms with E-state index in [9.17, 15) is 4.79 Å². The molecular formula is C18H21N5O2. The Morgan fingerprint density at radius 3 is 2.72 bits per heavy atom.